The lowest BCUT2D eigenvalue weighted by molar-refractivity contribution is 0.556. The molecule has 4 heteroatoms. The number of halogens is 1. The molecule has 0 aromatic heterocycles. The van der Waals surface area contributed by atoms with E-state index in [9.17, 15) is 0 Å². The number of rotatable bonds is 2. The van der Waals surface area contributed by atoms with Crippen molar-refractivity contribution < 1.29 is 0 Å². The molecule has 1 heterocycles. The van der Waals surface area contributed by atoms with E-state index >= 15 is 0 Å². The predicted octanol–water partition coefficient (Wildman–Crippen LogP) is 3.85. The fourth-order valence-electron chi connectivity index (χ4n) is 2.41. The Balaban J connectivity index is 2.16. The molecular weight excluding hydrogens is 308 g/mol. The molecule has 2 nitrogen and oxygen atoms in total. The van der Waals surface area contributed by atoms with Gasteiger partial charge < -0.3 is 10.6 Å². The summed E-state index contributed by atoms with van der Waals surface area (Å²) in [6, 6.07) is 6.28. The molecular formula is C14H19BrN2S. The molecule has 1 saturated heterocycles. The number of hydrogen-bond acceptors (Lipinski definition) is 2. The molecule has 18 heavy (non-hydrogen) atoms. The van der Waals surface area contributed by atoms with Crippen molar-refractivity contribution in [3.8, 4) is 0 Å². The van der Waals surface area contributed by atoms with E-state index < -0.39 is 0 Å². The van der Waals surface area contributed by atoms with Gasteiger partial charge >= 0.3 is 0 Å². The van der Waals surface area contributed by atoms with Crippen LogP contribution in [0.4, 0.5) is 5.69 Å². The Labute approximate surface area is 123 Å². The van der Waals surface area contributed by atoms with Crippen LogP contribution in [-0.2, 0) is 0 Å². The minimum Gasteiger partial charge on any atom is -0.389 e. The van der Waals surface area contributed by atoms with Crippen LogP contribution in [0.2, 0.25) is 0 Å². The molecule has 2 N–H and O–H groups in total. The van der Waals surface area contributed by atoms with Crippen molar-refractivity contribution in [3.63, 3.8) is 0 Å². The molecule has 0 aliphatic carbocycles. The molecule has 0 atom stereocenters. The summed E-state index contributed by atoms with van der Waals surface area (Å²) in [7, 11) is 0. The van der Waals surface area contributed by atoms with Crippen LogP contribution < -0.4 is 10.6 Å². The summed E-state index contributed by atoms with van der Waals surface area (Å²) < 4.78 is 0.995. The minimum absolute atomic E-state index is 0.445. The van der Waals surface area contributed by atoms with Crippen LogP contribution in [0.1, 0.15) is 37.7 Å². The van der Waals surface area contributed by atoms with E-state index in [1.54, 1.807) is 0 Å². The molecule has 1 aliphatic heterocycles. The summed E-state index contributed by atoms with van der Waals surface area (Å²) in [4.78, 5) is 2.91. The van der Waals surface area contributed by atoms with Crippen LogP contribution in [0.5, 0.6) is 0 Å². The fourth-order valence-corrected chi connectivity index (χ4v) is 3.30. The second kappa shape index (κ2) is 6.53. The maximum atomic E-state index is 5.68. The molecule has 1 aliphatic rings. The van der Waals surface area contributed by atoms with Gasteiger partial charge in [0.05, 0.1) is 0 Å². The van der Waals surface area contributed by atoms with E-state index in [1.165, 1.54) is 37.8 Å². The van der Waals surface area contributed by atoms with Crippen molar-refractivity contribution in [1.29, 1.82) is 0 Å². The number of hydrogen-bond donors (Lipinski definition) is 1. The quantitative estimate of drug-likeness (QED) is 0.837. The number of nitrogens with two attached hydrogens (primary N) is 1. The third kappa shape index (κ3) is 3.45. The molecule has 0 saturated carbocycles. The van der Waals surface area contributed by atoms with Gasteiger partial charge in [-0.2, -0.15) is 0 Å². The largest absolute Gasteiger partial charge is 0.389 e. The smallest absolute Gasteiger partial charge is 0.105 e. The van der Waals surface area contributed by atoms with Crippen LogP contribution in [0.15, 0.2) is 22.7 Å². The zero-order valence-corrected chi connectivity index (χ0v) is 12.9. The Morgan fingerprint density at radius 2 is 1.72 bits per heavy atom. The maximum Gasteiger partial charge on any atom is 0.105 e. The Morgan fingerprint density at radius 3 is 2.28 bits per heavy atom. The van der Waals surface area contributed by atoms with E-state index in [-0.39, 0.29) is 0 Å². The van der Waals surface area contributed by atoms with Crippen LogP contribution in [0.25, 0.3) is 0 Å². The van der Waals surface area contributed by atoms with Gasteiger partial charge in [-0.25, -0.2) is 0 Å². The molecule has 0 radical (unpaired) electrons. The van der Waals surface area contributed by atoms with Crippen molar-refractivity contribution in [2.24, 2.45) is 5.73 Å². The lowest BCUT2D eigenvalue weighted by atomic mass is 10.1. The van der Waals surface area contributed by atoms with Gasteiger partial charge in [0.25, 0.3) is 0 Å². The van der Waals surface area contributed by atoms with E-state index in [1.807, 2.05) is 6.07 Å². The molecule has 1 aromatic carbocycles. The van der Waals surface area contributed by atoms with Gasteiger partial charge in [0.2, 0.25) is 0 Å². The Hall–Kier alpha value is -0.610. The van der Waals surface area contributed by atoms with Gasteiger partial charge in [0, 0.05) is 28.8 Å². The van der Waals surface area contributed by atoms with E-state index in [4.69, 9.17) is 18.0 Å². The second-order valence-electron chi connectivity index (χ2n) is 4.78. The summed E-state index contributed by atoms with van der Waals surface area (Å²) in [6.45, 7) is 2.30. The number of nitrogens with zero attached hydrogens (tertiary/aromatic N) is 1. The van der Waals surface area contributed by atoms with Gasteiger partial charge in [0.1, 0.15) is 4.99 Å². The van der Waals surface area contributed by atoms with Crippen molar-refractivity contribution in [2.75, 3.05) is 18.0 Å². The van der Waals surface area contributed by atoms with Crippen LogP contribution in [-0.4, -0.2) is 18.1 Å². The van der Waals surface area contributed by atoms with Crippen molar-refractivity contribution >= 4 is 38.8 Å². The highest BCUT2D eigenvalue weighted by Gasteiger charge is 2.11. The average molecular weight is 327 g/mol. The summed E-state index contributed by atoms with van der Waals surface area (Å²) >= 11 is 8.58. The summed E-state index contributed by atoms with van der Waals surface area (Å²) in [5.41, 5.74) is 7.86. The Morgan fingerprint density at radius 1 is 1.11 bits per heavy atom. The van der Waals surface area contributed by atoms with Crippen LogP contribution >= 0.6 is 28.1 Å². The van der Waals surface area contributed by atoms with E-state index in [0.29, 0.717) is 4.99 Å². The fraction of sp³-hybridized carbons (Fsp3) is 0.500. The second-order valence-corrected chi connectivity index (χ2v) is 6.08. The zero-order valence-electron chi connectivity index (χ0n) is 10.5. The van der Waals surface area contributed by atoms with Crippen LogP contribution in [0, 0.1) is 0 Å². The predicted molar refractivity (Wildman–Crippen MR) is 85.3 cm³/mol. The highest BCUT2D eigenvalue weighted by atomic mass is 79.9. The number of benzene rings is 1. The normalized spacial score (nSPS) is 17.1. The van der Waals surface area contributed by atoms with E-state index in [2.05, 4.69) is 33.0 Å². The molecule has 98 valence electrons. The first-order valence-corrected chi connectivity index (χ1v) is 7.73. The zero-order chi connectivity index (χ0) is 13.0. The summed E-state index contributed by atoms with van der Waals surface area (Å²) in [5.74, 6) is 0. The first-order valence-electron chi connectivity index (χ1n) is 6.53. The lowest BCUT2D eigenvalue weighted by Crippen LogP contribution is -2.27. The lowest BCUT2D eigenvalue weighted by Gasteiger charge is -2.27. The molecule has 1 fully saturated rings. The molecule has 1 aromatic rings. The molecule has 0 unspecified atom stereocenters. The van der Waals surface area contributed by atoms with Crippen molar-refractivity contribution in [2.45, 2.75) is 32.1 Å². The topological polar surface area (TPSA) is 29.3 Å². The average Bonchev–Trinajstić information content (AvgIpc) is 2.27. The Bertz CT molecular complexity index is 426. The number of anilines is 1. The van der Waals surface area contributed by atoms with E-state index in [0.717, 1.165) is 23.1 Å². The third-order valence-corrected chi connectivity index (χ3v) is 4.32. The molecule has 0 amide bonds. The minimum atomic E-state index is 0.445. The SMILES string of the molecule is NC(=S)c1ccc(N2CCCCCCC2)cc1Br. The molecule has 0 bridgehead atoms. The highest BCUT2D eigenvalue weighted by Crippen LogP contribution is 2.26. The first kappa shape index (κ1) is 13.8. The third-order valence-electron chi connectivity index (χ3n) is 3.44. The maximum absolute atomic E-state index is 5.68. The standard InChI is InChI=1S/C14H19BrN2S/c15-13-10-11(6-7-12(13)14(16)18)17-8-4-2-1-3-5-9-17/h6-7,10H,1-5,8-9H2,(H2,16,18). The van der Waals surface area contributed by atoms with Crippen molar-refractivity contribution in [1.82, 2.24) is 0 Å². The van der Waals surface area contributed by atoms with Gasteiger partial charge in [0.15, 0.2) is 0 Å². The molecule has 2 rings (SSSR count). The first-order chi connectivity index (χ1) is 8.68. The number of thiocarbonyl (C=S) groups is 1. The molecule has 0 spiro atoms. The van der Waals surface area contributed by atoms with Gasteiger partial charge in [-0.05, 0) is 47.0 Å². The monoisotopic (exact) mass is 326 g/mol. The van der Waals surface area contributed by atoms with Crippen molar-refractivity contribution in [3.05, 3.63) is 28.2 Å². The van der Waals surface area contributed by atoms with Crippen LogP contribution in [0.3, 0.4) is 0 Å². The summed E-state index contributed by atoms with van der Waals surface area (Å²) in [5, 5.41) is 0. The highest BCUT2D eigenvalue weighted by molar-refractivity contribution is 9.10. The Kier molecular flexibility index (Phi) is 5.01. The summed E-state index contributed by atoms with van der Waals surface area (Å²) in [6.07, 6.45) is 6.66. The van der Waals surface area contributed by atoms with Gasteiger partial charge in [-0.15, -0.1) is 0 Å². The van der Waals surface area contributed by atoms with Gasteiger partial charge in [-0.3, -0.25) is 0 Å². The van der Waals surface area contributed by atoms with Gasteiger partial charge in [-0.1, -0.05) is 31.5 Å².